The van der Waals surface area contributed by atoms with E-state index >= 15 is 0 Å². The van der Waals surface area contributed by atoms with E-state index in [2.05, 4.69) is 62.0 Å². The molecule has 0 atom stereocenters. The first-order valence-electron chi connectivity index (χ1n) is 8.10. The number of hydrogen-bond acceptors (Lipinski definition) is 4. The maximum Gasteiger partial charge on any atom is 0.0110 e. The molecule has 120 valence electrons. The van der Waals surface area contributed by atoms with Crippen molar-refractivity contribution in [2.24, 2.45) is 0 Å². The van der Waals surface area contributed by atoms with Crippen molar-refractivity contribution in [3.8, 4) is 0 Å². The summed E-state index contributed by atoms with van der Waals surface area (Å²) in [4.78, 5) is 5.15. The van der Waals surface area contributed by atoms with Crippen LogP contribution in [0.25, 0.3) is 0 Å². The number of rotatable bonds is 6. The van der Waals surface area contributed by atoms with Gasteiger partial charge in [-0.1, -0.05) is 0 Å². The number of hydrogen-bond donors (Lipinski definition) is 2. The summed E-state index contributed by atoms with van der Waals surface area (Å²) in [6.45, 7) is 22.7. The molecule has 0 bridgehead atoms. The normalized spacial score (nSPS) is 19.5. The van der Waals surface area contributed by atoms with Crippen LogP contribution in [0.5, 0.6) is 0 Å². The lowest BCUT2D eigenvalue weighted by Crippen LogP contribution is -2.51. The highest BCUT2D eigenvalue weighted by atomic mass is 15.3. The lowest BCUT2D eigenvalue weighted by Gasteiger charge is -2.36. The van der Waals surface area contributed by atoms with Crippen molar-refractivity contribution in [1.29, 1.82) is 0 Å². The van der Waals surface area contributed by atoms with Gasteiger partial charge in [0.05, 0.1) is 0 Å². The molecule has 0 aromatic rings. The molecule has 0 saturated carbocycles. The van der Waals surface area contributed by atoms with Gasteiger partial charge in [-0.15, -0.1) is 0 Å². The molecule has 1 saturated heterocycles. The smallest absolute Gasteiger partial charge is 0.0110 e. The van der Waals surface area contributed by atoms with Gasteiger partial charge in [-0.05, 0) is 41.5 Å². The van der Waals surface area contributed by atoms with Gasteiger partial charge in [0.25, 0.3) is 0 Å². The lowest BCUT2D eigenvalue weighted by molar-refractivity contribution is 0.130. The second kappa shape index (κ2) is 7.74. The topological polar surface area (TPSA) is 30.5 Å². The van der Waals surface area contributed by atoms with Crippen molar-refractivity contribution >= 4 is 0 Å². The van der Waals surface area contributed by atoms with Crippen molar-refractivity contribution in [1.82, 2.24) is 20.4 Å². The zero-order valence-corrected chi connectivity index (χ0v) is 14.6. The van der Waals surface area contributed by atoms with Gasteiger partial charge in [-0.2, -0.15) is 0 Å². The van der Waals surface area contributed by atoms with Crippen LogP contribution in [0.2, 0.25) is 0 Å². The van der Waals surface area contributed by atoms with Crippen molar-refractivity contribution in [3.63, 3.8) is 0 Å². The molecule has 0 aromatic heterocycles. The summed E-state index contributed by atoms with van der Waals surface area (Å²) < 4.78 is 0. The van der Waals surface area contributed by atoms with Gasteiger partial charge in [-0.3, -0.25) is 9.80 Å². The summed E-state index contributed by atoms with van der Waals surface area (Å²) in [5.74, 6) is 0. The van der Waals surface area contributed by atoms with Gasteiger partial charge < -0.3 is 10.6 Å². The number of nitrogens with one attached hydrogen (secondary N) is 2. The Hall–Kier alpha value is -0.160. The van der Waals surface area contributed by atoms with Crippen LogP contribution < -0.4 is 10.6 Å². The molecule has 4 nitrogen and oxygen atoms in total. The Bertz CT molecular complexity index is 229. The maximum atomic E-state index is 3.57. The number of nitrogens with zero attached hydrogens (tertiary/aromatic N) is 2. The van der Waals surface area contributed by atoms with E-state index in [9.17, 15) is 0 Å². The molecule has 1 fully saturated rings. The SMILES string of the molecule is CC(C)(C)NCCN1CCN(CCNC(C)(C)C)CC1. The zero-order chi connectivity index (χ0) is 15.2. The highest BCUT2D eigenvalue weighted by molar-refractivity contribution is 4.77. The average molecular weight is 284 g/mol. The second-order valence-corrected chi connectivity index (χ2v) is 8.04. The van der Waals surface area contributed by atoms with Crippen molar-refractivity contribution in [3.05, 3.63) is 0 Å². The van der Waals surface area contributed by atoms with E-state index in [1.807, 2.05) is 0 Å². The van der Waals surface area contributed by atoms with Gasteiger partial charge >= 0.3 is 0 Å². The predicted octanol–water partition coefficient (Wildman–Crippen LogP) is 1.38. The van der Waals surface area contributed by atoms with Gasteiger partial charge in [-0.25, -0.2) is 0 Å². The fourth-order valence-corrected chi connectivity index (χ4v) is 2.41. The summed E-state index contributed by atoms with van der Waals surface area (Å²) in [6.07, 6.45) is 0. The van der Waals surface area contributed by atoms with Gasteiger partial charge in [0, 0.05) is 63.4 Å². The third-order valence-electron chi connectivity index (χ3n) is 3.63. The minimum atomic E-state index is 0.237. The maximum absolute atomic E-state index is 3.57. The molecule has 1 rings (SSSR count). The van der Waals surface area contributed by atoms with E-state index in [0.29, 0.717) is 0 Å². The van der Waals surface area contributed by atoms with E-state index < -0.39 is 0 Å². The molecule has 0 aromatic carbocycles. The molecule has 0 aliphatic carbocycles. The fraction of sp³-hybridized carbons (Fsp3) is 1.00. The molecular formula is C16H36N4. The van der Waals surface area contributed by atoms with Crippen LogP contribution in [-0.2, 0) is 0 Å². The van der Waals surface area contributed by atoms with Gasteiger partial charge in [0.2, 0.25) is 0 Å². The number of piperazine rings is 1. The highest BCUT2D eigenvalue weighted by Crippen LogP contribution is 2.03. The summed E-state index contributed by atoms with van der Waals surface area (Å²) in [5, 5.41) is 7.13. The second-order valence-electron chi connectivity index (χ2n) is 8.04. The monoisotopic (exact) mass is 284 g/mol. The van der Waals surface area contributed by atoms with E-state index in [4.69, 9.17) is 0 Å². The Balaban J connectivity index is 2.08. The molecule has 0 spiro atoms. The van der Waals surface area contributed by atoms with Crippen molar-refractivity contribution in [2.45, 2.75) is 52.6 Å². The van der Waals surface area contributed by atoms with Crippen LogP contribution >= 0.6 is 0 Å². The molecular weight excluding hydrogens is 248 g/mol. The average Bonchev–Trinajstić information content (AvgIpc) is 2.28. The Morgan fingerprint density at radius 2 is 0.950 bits per heavy atom. The first-order chi connectivity index (χ1) is 9.16. The van der Waals surface area contributed by atoms with E-state index in [1.165, 1.54) is 39.3 Å². The Morgan fingerprint density at radius 3 is 1.20 bits per heavy atom. The predicted molar refractivity (Wildman–Crippen MR) is 88.4 cm³/mol. The molecule has 1 aliphatic rings. The summed E-state index contributed by atoms with van der Waals surface area (Å²) in [7, 11) is 0. The van der Waals surface area contributed by atoms with Gasteiger partial charge in [0.1, 0.15) is 0 Å². The first-order valence-corrected chi connectivity index (χ1v) is 8.10. The molecule has 0 radical (unpaired) electrons. The lowest BCUT2D eigenvalue weighted by atomic mass is 10.1. The van der Waals surface area contributed by atoms with Crippen molar-refractivity contribution in [2.75, 3.05) is 52.4 Å². The van der Waals surface area contributed by atoms with Crippen LogP contribution in [0.4, 0.5) is 0 Å². The van der Waals surface area contributed by atoms with E-state index in [-0.39, 0.29) is 11.1 Å². The Morgan fingerprint density at radius 1 is 0.650 bits per heavy atom. The van der Waals surface area contributed by atoms with Crippen LogP contribution in [0.15, 0.2) is 0 Å². The molecule has 0 amide bonds. The molecule has 4 heteroatoms. The third-order valence-corrected chi connectivity index (χ3v) is 3.63. The van der Waals surface area contributed by atoms with E-state index in [1.54, 1.807) is 0 Å². The van der Waals surface area contributed by atoms with Crippen LogP contribution in [0.3, 0.4) is 0 Å². The molecule has 20 heavy (non-hydrogen) atoms. The van der Waals surface area contributed by atoms with E-state index in [0.717, 1.165) is 13.1 Å². The fourth-order valence-electron chi connectivity index (χ4n) is 2.41. The third kappa shape index (κ3) is 8.90. The van der Waals surface area contributed by atoms with Crippen molar-refractivity contribution < 1.29 is 0 Å². The quantitative estimate of drug-likeness (QED) is 0.771. The summed E-state index contributed by atoms with van der Waals surface area (Å²) in [5.41, 5.74) is 0.473. The summed E-state index contributed by atoms with van der Waals surface area (Å²) >= 11 is 0. The molecule has 1 aliphatic heterocycles. The highest BCUT2D eigenvalue weighted by Gasteiger charge is 2.17. The Kier molecular flexibility index (Phi) is 6.92. The van der Waals surface area contributed by atoms with Crippen LogP contribution in [0.1, 0.15) is 41.5 Å². The van der Waals surface area contributed by atoms with Gasteiger partial charge in [0.15, 0.2) is 0 Å². The minimum absolute atomic E-state index is 0.237. The zero-order valence-electron chi connectivity index (χ0n) is 14.6. The summed E-state index contributed by atoms with van der Waals surface area (Å²) in [6, 6.07) is 0. The Labute approximate surface area is 126 Å². The van der Waals surface area contributed by atoms with Crippen LogP contribution in [-0.4, -0.2) is 73.2 Å². The standard InChI is InChI=1S/C16H36N4/c1-15(2,3)17-7-9-19-11-13-20(14-12-19)10-8-18-16(4,5)6/h17-18H,7-14H2,1-6H3. The molecule has 1 heterocycles. The minimum Gasteiger partial charge on any atom is -0.311 e. The largest absolute Gasteiger partial charge is 0.311 e. The van der Waals surface area contributed by atoms with Crippen LogP contribution in [0, 0.1) is 0 Å². The first kappa shape index (κ1) is 17.9. The molecule has 2 N–H and O–H groups in total. The molecule has 0 unspecified atom stereocenters.